The number of aliphatic imine (C=N–C) groups is 1. The fourth-order valence-electron chi connectivity index (χ4n) is 2.27. The second kappa shape index (κ2) is 8.64. The van der Waals surface area contributed by atoms with Crippen LogP contribution in [0.4, 0.5) is 5.69 Å². The largest absolute Gasteiger partial charge is 0.379 e. The van der Waals surface area contributed by atoms with Crippen LogP contribution in [0.25, 0.3) is 0 Å². The van der Waals surface area contributed by atoms with Crippen LogP contribution in [-0.2, 0) is 9.47 Å². The molecule has 0 aliphatic carbocycles. The van der Waals surface area contributed by atoms with Crippen molar-refractivity contribution >= 4 is 11.6 Å². The second-order valence-corrected chi connectivity index (χ2v) is 5.32. The Bertz CT molecular complexity index is 457. The highest BCUT2D eigenvalue weighted by molar-refractivity contribution is 5.92. The average Bonchev–Trinajstić information content (AvgIpc) is 2.96. The smallest absolute Gasteiger partial charge is 0.193 e. The summed E-state index contributed by atoms with van der Waals surface area (Å²) >= 11 is 0. The van der Waals surface area contributed by atoms with Crippen LogP contribution in [0, 0.1) is 6.92 Å². The number of nitrogens with two attached hydrogens (primary N) is 1. The molecule has 3 N–H and O–H groups in total. The third-order valence-electron chi connectivity index (χ3n) is 3.35. The Balaban J connectivity index is 1.57. The van der Waals surface area contributed by atoms with E-state index in [0.717, 1.165) is 31.6 Å². The molecule has 1 aromatic carbocycles. The molecule has 2 rings (SSSR count). The molecule has 1 fully saturated rings. The van der Waals surface area contributed by atoms with Gasteiger partial charge in [0.15, 0.2) is 5.96 Å². The van der Waals surface area contributed by atoms with E-state index in [2.05, 4.69) is 10.3 Å². The number of anilines is 1. The van der Waals surface area contributed by atoms with Crippen LogP contribution < -0.4 is 11.1 Å². The summed E-state index contributed by atoms with van der Waals surface area (Å²) in [6, 6.07) is 8.04. The van der Waals surface area contributed by atoms with Crippen molar-refractivity contribution in [3.8, 4) is 0 Å². The SMILES string of the molecule is Cc1cccc(NC(N)=NCCCOCC2CCCO2)c1. The first kappa shape index (κ1) is 15.8. The minimum atomic E-state index is 0.293. The lowest BCUT2D eigenvalue weighted by atomic mass is 10.2. The van der Waals surface area contributed by atoms with Gasteiger partial charge in [-0.1, -0.05) is 12.1 Å². The van der Waals surface area contributed by atoms with E-state index in [9.17, 15) is 0 Å². The van der Waals surface area contributed by atoms with E-state index < -0.39 is 0 Å². The molecule has 1 atom stereocenters. The van der Waals surface area contributed by atoms with Crippen LogP contribution >= 0.6 is 0 Å². The standard InChI is InChI=1S/C16H25N3O2/c1-13-5-2-6-14(11-13)19-16(17)18-8-4-9-20-12-15-7-3-10-21-15/h2,5-6,11,15H,3-4,7-10,12H2,1H3,(H3,17,18,19). The van der Waals surface area contributed by atoms with E-state index in [1.54, 1.807) is 0 Å². The molecule has 0 aromatic heterocycles. The van der Waals surface area contributed by atoms with Crippen molar-refractivity contribution in [2.45, 2.75) is 32.3 Å². The number of nitrogens with one attached hydrogen (secondary N) is 1. The van der Waals surface area contributed by atoms with Crippen LogP contribution in [0.2, 0.25) is 0 Å². The van der Waals surface area contributed by atoms with Gasteiger partial charge in [0.25, 0.3) is 0 Å². The van der Waals surface area contributed by atoms with Gasteiger partial charge in [0.1, 0.15) is 0 Å². The molecule has 1 aliphatic heterocycles. The molecule has 1 unspecified atom stereocenters. The van der Waals surface area contributed by atoms with Gasteiger partial charge in [-0.25, -0.2) is 0 Å². The minimum absolute atomic E-state index is 0.293. The number of hydrogen-bond acceptors (Lipinski definition) is 3. The first-order valence-corrected chi connectivity index (χ1v) is 7.57. The number of guanidine groups is 1. The highest BCUT2D eigenvalue weighted by Crippen LogP contribution is 2.12. The van der Waals surface area contributed by atoms with E-state index in [-0.39, 0.29) is 0 Å². The van der Waals surface area contributed by atoms with Crippen LogP contribution in [-0.4, -0.2) is 38.4 Å². The number of nitrogens with zero attached hydrogens (tertiary/aromatic N) is 1. The van der Waals surface area contributed by atoms with Crippen LogP contribution in [0.15, 0.2) is 29.3 Å². The molecule has 5 heteroatoms. The first-order valence-electron chi connectivity index (χ1n) is 7.57. The highest BCUT2D eigenvalue weighted by atomic mass is 16.5. The maximum Gasteiger partial charge on any atom is 0.193 e. The predicted octanol–water partition coefficient (Wildman–Crippen LogP) is 2.31. The van der Waals surface area contributed by atoms with Crippen molar-refractivity contribution in [2.75, 3.05) is 31.7 Å². The molecule has 116 valence electrons. The molecule has 1 heterocycles. The van der Waals surface area contributed by atoms with E-state index in [1.807, 2.05) is 31.2 Å². The molecule has 0 amide bonds. The predicted molar refractivity (Wildman–Crippen MR) is 85.7 cm³/mol. The van der Waals surface area contributed by atoms with Gasteiger partial charge in [-0.2, -0.15) is 0 Å². The van der Waals surface area contributed by atoms with E-state index in [0.29, 0.717) is 31.8 Å². The van der Waals surface area contributed by atoms with Gasteiger partial charge in [-0.05, 0) is 43.9 Å². The number of benzene rings is 1. The van der Waals surface area contributed by atoms with Crippen molar-refractivity contribution in [2.24, 2.45) is 10.7 Å². The Morgan fingerprint density at radius 2 is 2.43 bits per heavy atom. The zero-order valence-electron chi connectivity index (χ0n) is 12.7. The average molecular weight is 291 g/mol. The van der Waals surface area contributed by atoms with Crippen molar-refractivity contribution in [1.82, 2.24) is 0 Å². The summed E-state index contributed by atoms with van der Waals surface area (Å²) in [7, 11) is 0. The number of hydrogen-bond donors (Lipinski definition) is 2. The Hall–Kier alpha value is -1.59. The lowest BCUT2D eigenvalue weighted by Crippen LogP contribution is -2.23. The van der Waals surface area contributed by atoms with E-state index >= 15 is 0 Å². The molecule has 5 nitrogen and oxygen atoms in total. The highest BCUT2D eigenvalue weighted by Gasteiger charge is 2.14. The summed E-state index contributed by atoms with van der Waals surface area (Å²) in [5, 5.41) is 3.09. The maximum absolute atomic E-state index is 5.85. The Labute approximate surface area is 126 Å². The number of ether oxygens (including phenoxy) is 2. The molecule has 21 heavy (non-hydrogen) atoms. The van der Waals surface area contributed by atoms with Crippen LogP contribution in [0.1, 0.15) is 24.8 Å². The van der Waals surface area contributed by atoms with Gasteiger partial charge in [-0.15, -0.1) is 0 Å². The first-order chi connectivity index (χ1) is 10.2. The molecule has 1 aromatic rings. The normalized spacial score (nSPS) is 18.9. The van der Waals surface area contributed by atoms with Crippen molar-refractivity contribution in [3.63, 3.8) is 0 Å². The summed E-state index contributed by atoms with van der Waals surface area (Å²) < 4.78 is 11.1. The topological polar surface area (TPSA) is 68.9 Å². The van der Waals surface area contributed by atoms with Gasteiger partial charge >= 0.3 is 0 Å². The van der Waals surface area contributed by atoms with E-state index in [1.165, 1.54) is 5.56 Å². The minimum Gasteiger partial charge on any atom is -0.379 e. The summed E-state index contributed by atoms with van der Waals surface area (Å²) in [6.45, 7) is 4.97. The quantitative estimate of drug-likeness (QED) is 0.459. The Kier molecular flexibility index (Phi) is 6.50. The molecule has 1 saturated heterocycles. The third-order valence-corrected chi connectivity index (χ3v) is 3.35. The fraction of sp³-hybridized carbons (Fsp3) is 0.562. The molecular formula is C16H25N3O2. The molecule has 0 radical (unpaired) electrons. The Morgan fingerprint density at radius 1 is 1.52 bits per heavy atom. The van der Waals surface area contributed by atoms with Gasteiger partial charge in [0.2, 0.25) is 0 Å². The third kappa shape index (κ3) is 6.14. The van der Waals surface area contributed by atoms with Gasteiger partial charge in [0.05, 0.1) is 12.7 Å². The summed E-state index contributed by atoms with van der Waals surface area (Å²) in [5.74, 6) is 0.444. The maximum atomic E-state index is 5.85. The van der Waals surface area contributed by atoms with Crippen molar-refractivity contribution < 1.29 is 9.47 Å². The molecule has 0 spiro atoms. The second-order valence-electron chi connectivity index (χ2n) is 5.32. The zero-order valence-corrected chi connectivity index (χ0v) is 12.7. The lowest BCUT2D eigenvalue weighted by molar-refractivity contribution is 0.0171. The molecule has 1 aliphatic rings. The molecule has 0 saturated carbocycles. The van der Waals surface area contributed by atoms with Gasteiger partial charge in [-0.3, -0.25) is 4.99 Å². The molecule has 0 bridgehead atoms. The van der Waals surface area contributed by atoms with Crippen LogP contribution in [0.3, 0.4) is 0 Å². The summed E-state index contributed by atoms with van der Waals surface area (Å²) in [6.07, 6.45) is 3.43. The summed E-state index contributed by atoms with van der Waals surface area (Å²) in [5.41, 5.74) is 8.00. The molecular weight excluding hydrogens is 266 g/mol. The summed E-state index contributed by atoms with van der Waals surface area (Å²) in [4.78, 5) is 4.29. The van der Waals surface area contributed by atoms with Gasteiger partial charge < -0.3 is 20.5 Å². The Morgan fingerprint density at radius 3 is 3.19 bits per heavy atom. The van der Waals surface area contributed by atoms with E-state index in [4.69, 9.17) is 15.2 Å². The monoisotopic (exact) mass is 291 g/mol. The zero-order chi connectivity index (χ0) is 14.9. The van der Waals surface area contributed by atoms with Crippen LogP contribution in [0.5, 0.6) is 0 Å². The fourth-order valence-corrected chi connectivity index (χ4v) is 2.27. The lowest BCUT2D eigenvalue weighted by Gasteiger charge is -2.09. The number of aryl methyl sites for hydroxylation is 1. The van der Waals surface area contributed by atoms with Crippen molar-refractivity contribution in [1.29, 1.82) is 0 Å². The van der Waals surface area contributed by atoms with Crippen molar-refractivity contribution in [3.05, 3.63) is 29.8 Å². The van der Waals surface area contributed by atoms with Gasteiger partial charge in [0, 0.05) is 25.4 Å². The number of rotatable bonds is 7.